The Balaban J connectivity index is 2.09. The van der Waals surface area contributed by atoms with E-state index in [0.717, 1.165) is 19.1 Å². The molecule has 0 saturated carbocycles. The van der Waals surface area contributed by atoms with Crippen LogP contribution in [-0.4, -0.2) is 28.1 Å². The van der Waals surface area contributed by atoms with E-state index in [1.54, 1.807) is 0 Å². The standard InChI is InChI=1S/C18H14F3N3O5/c1-17(26,10-29-14-6-4-13(5-7-14)24(27)28)16(25)23-12-3-2-11(9-22)15(8-12)18(19,20)21/h2-8,26H,10H2,1H3,(H,23,25)/t17-/m1/s1. The normalized spacial score (nSPS) is 13.1. The molecule has 2 N–H and O–H groups in total. The quantitative estimate of drug-likeness (QED) is 0.557. The van der Waals surface area contributed by atoms with Crippen LogP contribution in [0.4, 0.5) is 24.5 Å². The molecule has 0 aliphatic rings. The highest BCUT2D eigenvalue weighted by Gasteiger charge is 2.35. The molecule has 0 aliphatic heterocycles. The van der Waals surface area contributed by atoms with Gasteiger partial charge in [-0.15, -0.1) is 0 Å². The van der Waals surface area contributed by atoms with Gasteiger partial charge in [-0.05, 0) is 37.3 Å². The topological polar surface area (TPSA) is 125 Å². The van der Waals surface area contributed by atoms with Crippen LogP contribution in [0.15, 0.2) is 42.5 Å². The molecule has 0 unspecified atom stereocenters. The van der Waals surface area contributed by atoms with Crippen molar-refractivity contribution in [3.05, 3.63) is 63.7 Å². The maximum absolute atomic E-state index is 13.0. The molecule has 2 rings (SSSR count). The summed E-state index contributed by atoms with van der Waals surface area (Å²) in [5.41, 5.74) is -4.41. The Bertz CT molecular complexity index is 966. The second-order valence-electron chi connectivity index (χ2n) is 6.14. The lowest BCUT2D eigenvalue weighted by molar-refractivity contribution is -0.384. The van der Waals surface area contributed by atoms with Crippen LogP contribution in [0.5, 0.6) is 5.75 Å². The highest BCUT2D eigenvalue weighted by molar-refractivity contribution is 5.97. The lowest BCUT2D eigenvalue weighted by Crippen LogP contribution is -2.45. The number of non-ortho nitro benzene ring substituents is 1. The molecule has 0 aromatic heterocycles. The molecule has 0 aliphatic carbocycles. The molecule has 0 bridgehead atoms. The van der Waals surface area contributed by atoms with Gasteiger partial charge < -0.3 is 15.2 Å². The zero-order chi connectivity index (χ0) is 21.8. The number of benzene rings is 2. The zero-order valence-corrected chi connectivity index (χ0v) is 14.9. The van der Waals surface area contributed by atoms with Crippen LogP contribution in [-0.2, 0) is 11.0 Å². The van der Waals surface area contributed by atoms with Gasteiger partial charge in [0.15, 0.2) is 5.60 Å². The number of anilines is 1. The van der Waals surface area contributed by atoms with E-state index in [0.29, 0.717) is 6.07 Å². The predicted molar refractivity (Wildman–Crippen MR) is 94.0 cm³/mol. The van der Waals surface area contributed by atoms with Gasteiger partial charge in [-0.3, -0.25) is 14.9 Å². The van der Waals surface area contributed by atoms with Crippen molar-refractivity contribution in [1.29, 1.82) is 5.26 Å². The molecule has 2 aromatic carbocycles. The van der Waals surface area contributed by atoms with Gasteiger partial charge in [0.2, 0.25) is 0 Å². The van der Waals surface area contributed by atoms with E-state index in [-0.39, 0.29) is 17.1 Å². The molecule has 152 valence electrons. The number of rotatable bonds is 6. The smallest absolute Gasteiger partial charge is 0.417 e. The SMILES string of the molecule is C[C@@](O)(COc1ccc([N+](=O)[O-])cc1)C(=O)Nc1ccc(C#N)c(C(F)(F)F)c1. The number of hydrogen-bond donors (Lipinski definition) is 2. The maximum atomic E-state index is 13.0. The van der Waals surface area contributed by atoms with E-state index in [1.807, 2.05) is 0 Å². The average molecular weight is 409 g/mol. The van der Waals surface area contributed by atoms with E-state index in [1.165, 1.54) is 30.3 Å². The van der Waals surface area contributed by atoms with Crippen LogP contribution >= 0.6 is 0 Å². The molecule has 29 heavy (non-hydrogen) atoms. The minimum Gasteiger partial charge on any atom is -0.490 e. The summed E-state index contributed by atoms with van der Waals surface area (Å²) < 4.78 is 44.2. The van der Waals surface area contributed by atoms with E-state index in [9.17, 15) is 33.2 Å². The molecule has 11 heteroatoms. The van der Waals surface area contributed by atoms with Gasteiger partial charge in [0, 0.05) is 17.8 Å². The number of halogens is 3. The average Bonchev–Trinajstić information content (AvgIpc) is 2.66. The first kappa shape index (κ1) is 21.6. The summed E-state index contributed by atoms with van der Waals surface area (Å²) in [4.78, 5) is 22.2. The first-order valence-corrected chi connectivity index (χ1v) is 7.96. The number of aliphatic hydroxyl groups is 1. The van der Waals surface area contributed by atoms with Crippen molar-refractivity contribution in [2.75, 3.05) is 11.9 Å². The minimum absolute atomic E-state index is 0.140. The Hall–Kier alpha value is -3.65. The number of nitro groups is 1. The Labute approximate surface area is 162 Å². The van der Waals surface area contributed by atoms with Crippen molar-refractivity contribution in [1.82, 2.24) is 0 Å². The van der Waals surface area contributed by atoms with Crippen LogP contribution in [0.2, 0.25) is 0 Å². The fourth-order valence-electron chi connectivity index (χ4n) is 2.17. The summed E-state index contributed by atoms with van der Waals surface area (Å²) in [6, 6.07) is 8.87. The summed E-state index contributed by atoms with van der Waals surface area (Å²) in [5, 5.41) is 31.8. The second-order valence-corrected chi connectivity index (χ2v) is 6.14. The lowest BCUT2D eigenvalue weighted by atomic mass is 10.1. The second kappa shape index (κ2) is 8.15. The van der Waals surface area contributed by atoms with E-state index >= 15 is 0 Å². The summed E-state index contributed by atoms with van der Waals surface area (Å²) in [6.45, 7) is 0.515. The number of ether oxygens (including phenoxy) is 1. The number of alkyl halides is 3. The monoisotopic (exact) mass is 409 g/mol. The molecule has 0 radical (unpaired) electrons. The molecule has 0 spiro atoms. The van der Waals surface area contributed by atoms with Crippen molar-refractivity contribution in [3.63, 3.8) is 0 Å². The zero-order valence-electron chi connectivity index (χ0n) is 14.9. The number of amides is 1. The molecule has 1 atom stereocenters. The van der Waals surface area contributed by atoms with Crippen LogP contribution in [0, 0.1) is 21.4 Å². The molecule has 8 nitrogen and oxygen atoms in total. The maximum Gasteiger partial charge on any atom is 0.417 e. The van der Waals surface area contributed by atoms with E-state index < -0.39 is 40.3 Å². The minimum atomic E-state index is -4.80. The third kappa shape index (κ3) is 5.43. The van der Waals surface area contributed by atoms with Gasteiger partial charge in [0.1, 0.15) is 12.4 Å². The largest absolute Gasteiger partial charge is 0.490 e. The Morgan fingerprint density at radius 3 is 2.41 bits per heavy atom. The third-order valence-corrected chi connectivity index (χ3v) is 3.76. The molecule has 0 heterocycles. The number of nitriles is 1. The fraction of sp³-hybridized carbons (Fsp3) is 0.222. The first-order chi connectivity index (χ1) is 13.4. The van der Waals surface area contributed by atoms with Crippen LogP contribution in [0.3, 0.4) is 0 Å². The Morgan fingerprint density at radius 1 is 1.28 bits per heavy atom. The van der Waals surface area contributed by atoms with Crippen molar-refractivity contribution in [2.24, 2.45) is 0 Å². The molecule has 1 amide bonds. The van der Waals surface area contributed by atoms with E-state index in [4.69, 9.17) is 10.00 Å². The first-order valence-electron chi connectivity index (χ1n) is 7.96. The van der Waals surface area contributed by atoms with Gasteiger partial charge in [0.25, 0.3) is 11.6 Å². The van der Waals surface area contributed by atoms with E-state index in [2.05, 4.69) is 5.32 Å². The van der Waals surface area contributed by atoms with Gasteiger partial charge in [-0.1, -0.05) is 0 Å². The molecular formula is C18H14F3N3O5. The van der Waals surface area contributed by atoms with Crippen molar-refractivity contribution >= 4 is 17.3 Å². The highest BCUT2D eigenvalue weighted by atomic mass is 19.4. The molecular weight excluding hydrogens is 395 g/mol. The lowest BCUT2D eigenvalue weighted by Gasteiger charge is -2.23. The van der Waals surface area contributed by atoms with Crippen molar-refractivity contribution < 1.29 is 32.7 Å². The van der Waals surface area contributed by atoms with Crippen LogP contribution in [0.25, 0.3) is 0 Å². The van der Waals surface area contributed by atoms with Crippen LogP contribution < -0.4 is 10.1 Å². The van der Waals surface area contributed by atoms with Gasteiger partial charge in [0.05, 0.1) is 22.1 Å². The Kier molecular flexibility index (Phi) is 6.09. The van der Waals surface area contributed by atoms with Crippen molar-refractivity contribution in [2.45, 2.75) is 18.7 Å². The summed E-state index contributed by atoms with van der Waals surface area (Å²) in [7, 11) is 0. The number of nitro benzene ring substituents is 1. The Morgan fingerprint density at radius 2 is 1.90 bits per heavy atom. The fourth-order valence-corrected chi connectivity index (χ4v) is 2.17. The van der Waals surface area contributed by atoms with Crippen molar-refractivity contribution in [3.8, 4) is 11.8 Å². The van der Waals surface area contributed by atoms with Crippen LogP contribution in [0.1, 0.15) is 18.1 Å². The molecule has 0 saturated heterocycles. The van der Waals surface area contributed by atoms with Gasteiger partial charge in [-0.2, -0.15) is 18.4 Å². The summed E-state index contributed by atoms with van der Waals surface area (Å²) >= 11 is 0. The number of carbonyl (C=O) groups is 1. The predicted octanol–water partition coefficient (Wildman–Crippen LogP) is 3.25. The summed E-state index contributed by atoms with van der Waals surface area (Å²) in [6.07, 6.45) is -4.80. The number of nitrogens with zero attached hydrogens (tertiary/aromatic N) is 2. The van der Waals surface area contributed by atoms with Gasteiger partial charge in [-0.25, -0.2) is 0 Å². The third-order valence-electron chi connectivity index (χ3n) is 3.76. The number of nitrogens with one attached hydrogen (secondary N) is 1. The summed E-state index contributed by atoms with van der Waals surface area (Å²) in [5.74, 6) is -0.904. The number of carbonyl (C=O) groups excluding carboxylic acids is 1. The number of hydrogen-bond acceptors (Lipinski definition) is 6. The molecule has 0 fully saturated rings. The molecule has 2 aromatic rings. The van der Waals surface area contributed by atoms with Gasteiger partial charge >= 0.3 is 6.18 Å². The highest BCUT2D eigenvalue weighted by Crippen LogP contribution is 2.33.